The second-order valence-corrected chi connectivity index (χ2v) is 20.0. The quantitative estimate of drug-likeness (QED) is 0.0262. The third kappa shape index (κ3) is 25.7. The van der Waals surface area contributed by atoms with Crippen LogP contribution in [0.1, 0.15) is 123 Å². The molecule has 22 heteroatoms. The number of rotatable bonds is 38. The third-order valence-corrected chi connectivity index (χ3v) is 13.2. The number of carboxylic acids is 2. The first kappa shape index (κ1) is 65.6. The van der Waals surface area contributed by atoms with Gasteiger partial charge in [0.2, 0.25) is 29.5 Å². The van der Waals surface area contributed by atoms with Crippen molar-refractivity contribution in [3.05, 3.63) is 65.7 Å². The Labute approximate surface area is 450 Å². The largest absolute Gasteiger partial charge is 0.508 e. The molecular formula is C55H80N8O14. The maximum Gasteiger partial charge on any atom is 0.303 e. The van der Waals surface area contributed by atoms with Crippen LogP contribution in [0.15, 0.2) is 59.6 Å². The van der Waals surface area contributed by atoms with Crippen LogP contribution < -0.4 is 38.1 Å². The van der Waals surface area contributed by atoms with Gasteiger partial charge in [-0.05, 0) is 80.0 Å². The Morgan fingerprint density at radius 3 is 1.60 bits per heavy atom. The summed E-state index contributed by atoms with van der Waals surface area (Å²) in [5.74, 6) is -12.9. The molecule has 1 unspecified atom stereocenters. The molecule has 0 fully saturated rings. The Bertz CT molecular complexity index is 2360. The minimum atomic E-state index is -1.30. The number of nitrogens with two attached hydrogens (primary N) is 2. The van der Waals surface area contributed by atoms with E-state index in [-0.39, 0.29) is 82.0 Å². The van der Waals surface area contributed by atoms with Crippen molar-refractivity contribution in [1.29, 1.82) is 0 Å². The van der Waals surface area contributed by atoms with Gasteiger partial charge in [0.05, 0.1) is 24.7 Å². The van der Waals surface area contributed by atoms with Gasteiger partial charge >= 0.3 is 11.9 Å². The van der Waals surface area contributed by atoms with Crippen molar-refractivity contribution in [2.45, 2.75) is 143 Å². The summed E-state index contributed by atoms with van der Waals surface area (Å²) in [7, 11) is 1.36. The zero-order chi connectivity index (χ0) is 57.8. The molecule has 8 atom stereocenters. The van der Waals surface area contributed by atoms with Gasteiger partial charge in [-0.1, -0.05) is 76.6 Å². The lowest BCUT2D eigenvalue weighted by Crippen LogP contribution is -2.49. The van der Waals surface area contributed by atoms with Gasteiger partial charge in [-0.25, -0.2) is 0 Å². The van der Waals surface area contributed by atoms with Gasteiger partial charge in [0.1, 0.15) is 5.75 Å². The molecule has 424 valence electrons. The molecule has 0 bridgehead atoms. The van der Waals surface area contributed by atoms with Crippen LogP contribution in [-0.2, 0) is 65.6 Å². The van der Waals surface area contributed by atoms with Crippen molar-refractivity contribution < 1.29 is 68.1 Å². The van der Waals surface area contributed by atoms with E-state index >= 15 is 0 Å². The highest BCUT2D eigenvalue weighted by atomic mass is 16.4. The highest BCUT2D eigenvalue weighted by Gasteiger charge is 2.35. The van der Waals surface area contributed by atoms with Crippen LogP contribution in [0.5, 0.6) is 5.75 Å². The molecular weight excluding hydrogens is 997 g/mol. The van der Waals surface area contributed by atoms with E-state index in [1.165, 1.54) is 26.1 Å². The lowest BCUT2D eigenvalue weighted by molar-refractivity contribution is -0.139. The second-order valence-electron chi connectivity index (χ2n) is 20.0. The fourth-order valence-electron chi connectivity index (χ4n) is 8.73. The van der Waals surface area contributed by atoms with Gasteiger partial charge in [-0.2, -0.15) is 0 Å². The number of nitrogens with one attached hydrogen (secondary N) is 5. The summed E-state index contributed by atoms with van der Waals surface area (Å²) in [6.07, 6.45) is -2.06. The number of guanidine groups is 1. The topological polar surface area (TPSA) is 373 Å². The van der Waals surface area contributed by atoms with Crippen molar-refractivity contribution >= 4 is 70.6 Å². The second kappa shape index (κ2) is 34.2. The van der Waals surface area contributed by atoms with Crippen molar-refractivity contribution in [3.8, 4) is 5.75 Å². The molecule has 2 aromatic carbocycles. The van der Waals surface area contributed by atoms with Crippen molar-refractivity contribution in [3.63, 3.8) is 0 Å². The predicted octanol–water partition coefficient (Wildman–Crippen LogP) is 2.69. The molecule has 0 heterocycles. The Morgan fingerprint density at radius 2 is 1.10 bits per heavy atom. The number of aromatic hydroxyl groups is 1. The monoisotopic (exact) mass is 1080 g/mol. The van der Waals surface area contributed by atoms with E-state index in [9.17, 15) is 68.1 Å². The number of hydrogen-bond donors (Lipinski definition) is 10. The molecule has 0 aliphatic rings. The fraction of sp³-hybridized carbons (Fsp3) is 0.564. The molecule has 0 saturated heterocycles. The zero-order valence-corrected chi connectivity index (χ0v) is 45.1. The van der Waals surface area contributed by atoms with Crippen molar-refractivity contribution in [2.24, 2.45) is 52.0 Å². The summed E-state index contributed by atoms with van der Waals surface area (Å²) in [6.45, 7) is 7.91. The fourth-order valence-corrected chi connectivity index (χ4v) is 8.73. The average molecular weight is 1080 g/mol. The van der Waals surface area contributed by atoms with Crippen molar-refractivity contribution in [1.82, 2.24) is 26.6 Å². The van der Waals surface area contributed by atoms with Crippen LogP contribution in [-0.4, -0.2) is 124 Å². The number of phenols is 1. The SMILES string of the molecule is CCC(C)[C@H](CC(=O)CNC(=O)[C@H](CCC(=O)O)CC(=O)[C@H](Cc1ccccc1)NC(C)=O)C(=O)N[C@@H](Cc1ccc(O)cc1)C(=O)C[C@@H](CCCN=C(N)N)C(=O)N[C@@H](CC(C)C)C(=O)C[C@@H](CCC(=O)O)C(=O)NC. The molecule has 2 rings (SSSR count). The van der Waals surface area contributed by atoms with E-state index in [2.05, 4.69) is 31.6 Å². The number of amides is 5. The van der Waals surface area contributed by atoms with Gasteiger partial charge < -0.3 is 53.4 Å². The van der Waals surface area contributed by atoms with Crippen LogP contribution in [0.3, 0.4) is 0 Å². The first-order valence-corrected chi connectivity index (χ1v) is 26.1. The van der Waals surface area contributed by atoms with E-state index in [1.807, 2.05) is 13.8 Å². The molecule has 0 aliphatic heterocycles. The molecule has 0 aliphatic carbocycles. The number of carbonyl (C=O) groups is 11. The molecule has 77 heavy (non-hydrogen) atoms. The highest BCUT2D eigenvalue weighted by molar-refractivity contribution is 5.97. The van der Waals surface area contributed by atoms with Crippen LogP contribution in [0, 0.1) is 35.5 Å². The van der Waals surface area contributed by atoms with Crippen LogP contribution in [0.4, 0.5) is 0 Å². The Kier molecular flexibility index (Phi) is 29.1. The number of hydrogen-bond acceptors (Lipinski definition) is 13. The Hall–Kier alpha value is -7.52. The number of Topliss-reactive ketones (excluding diaryl/α,β-unsaturated/α-hetero) is 4. The normalized spacial score (nSPS) is 14.2. The molecule has 0 aromatic heterocycles. The van der Waals surface area contributed by atoms with Gasteiger partial charge in [0.15, 0.2) is 29.1 Å². The number of phenolic OH excluding ortho intramolecular Hbond substituents is 1. The van der Waals surface area contributed by atoms with Crippen LogP contribution in [0.2, 0.25) is 0 Å². The summed E-state index contributed by atoms with van der Waals surface area (Å²) in [5, 5.41) is 41.9. The first-order valence-electron chi connectivity index (χ1n) is 26.1. The summed E-state index contributed by atoms with van der Waals surface area (Å²) < 4.78 is 0. The lowest BCUT2D eigenvalue weighted by atomic mass is 9.85. The van der Waals surface area contributed by atoms with Gasteiger partial charge in [0, 0.05) is 82.7 Å². The summed E-state index contributed by atoms with van der Waals surface area (Å²) >= 11 is 0. The maximum absolute atomic E-state index is 14.6. The van der Waals surface area contributed by atoms with Gasteiger partial charge in [-0.15, -0.1) is 0 Å². The summed E-state index contributed by atoms with van der Waals surface area (Å²) in [6, 6.07) is 11.3. The number of aliphatic carboxylic acids is 2. The number of benzene rings is 2. The molecule has 2 aromatic rings. The van der Waals surface area contributed by atoms with Crippen LogP contribution >= 0.6 is 0 Å². The molecule has 12 N–H and O–H groups in total. The van der Waals surface area contributed by atoms with E-state index in [4.69, 9.17) is 11.5 Å². The molecule has 5 amide bonds. The number of aliphatic imine (C=N–C) groups is 1. The van der Waals surface area contributed by atoms with E-state index < -0.39 is 145 Å². The van der Waals surface area contributed by atoms with Crippen molar-refractivity contribution in [2.75, 3.05) is 20.1 Å². The number of ketones is 4. The molecule has 0 saturated carbocycles. The number of nitrogens with zero attached hydrogens (tertiary/aromatic N) is 1. The average Bonchev–Trinajstić information content (AvgIpc) is 3.37. The van der Waals surface area contributed by atoms with Gasteiger partial charge in [-0.3, -0.25) is 57.7 Å². The highest BCUT2D eigenvalue weighted by Crippen LogP contribution is 2.24. The number of carbonyl (C=O) groups excluding carboxylic acids is 9. The predicted molar refractivity (Wildman–Crippen MR) is 286 cm³/mol. The minimum Gasteiger partial charge on any atom is -0.508 e. The molecule has 0 spiro atoms. The number of carboxylic acid groups (broad SMARTS) is 2. The summed E-state index contributed by atoms with van der Waals surface area (Å²) in [5.41, 5.74) is 12.3. The smallest absolute Gasteiger partial charge is 0.303 e. The zero-order valence-electron chi connectivity index (χ0n) is 45.1. The van der Waals surface area contributed by atoms with Gasteiger partial charge in [0.25, 0.3) is 0 Å². The maximum atomic E-state index is 14.6. The molecule has 22 nitrogen and oxygen atoms in total. The van der Waals surface area contributed by atoms with E-state index in [1.54, 1.807) is 56.3 Å². The Balaban J connectivity index is 2.43. The molecule has 0 radical (unpaired) electrons. The van der Waals surface area contributed by atoms with E-state index in [0.29, 0.717) is 12.0 Å². The standard InChI is InChI=1S/C55H80N8O14/c1-7-33(4)42(30-41(66)31-60-52(75)39(18-22-50(72)73)29-47(68)44(61-34(5)64)25-35-12-9-8-10-13-35)54(77)63-45(26-36-15-19-40(65)20-16-36)48(69)27-37(14-11-23-59-55(56)57)53(76)62-43(24-32(2)3)46(67)28-38(51(74)58-6)17-21-49(70)71/h8-10,12-13,15-16,19-20,32-33,37-39,42-45,65H,7,11,14,17-18,21-31H2,1-6H3,(H,58,74)(H,60,75)(H,61,64)(H,62,76)(H,63,77)(H,70,71)(H,72,73)(H4,56,57,59)/t33?,37-,38-,39-,42+,43+,44+,45+/m1/s1. The Morgan fingerprint density at radius 1 is 0.610 bits per heavy atom. The minimum absolute atomic E-state index is 0.0426. The van der Waals surface area contributed by atoms with E-state index in [0.717, 1.165) is 5.56 Å². The third-order valence-electron chi connectivity index (χ3n) is 13.2. The first-order chi connectivity index (χ1) is 36.3. The van der Waals surface area contributed by atoms with Crippen LogP contribution in [0.25, 0.3) is 0 Å². The summed E-state index contributed by atoms with van der Waals surface area (Å²) in [4.78, 5) is 150. The lowest BCUT2D eigenvalue weighted by Gasteiger charge is -2.27.